The molecule has 0 saturated heterocycles. The molecule has 0 amide bonds. The highest BCUT2D eigenvalue weighted by Gasteiger charge is 2.20. The zero-order chi connectivity index (χ0) is 9.97. The van der Waals surface area contributed by atoms with E-state index in [4.69, 9.17) is 11.6 Å². The van der Waals surface area contributed by atoms with Crippen LogP contribution in [-0.2, 0) is 0 Å². The van der Waals surface area contributed by atoms with E-state index in [1.807, 2.05) is 0 Å². The maximum atomic E-state index is 12.9. The van der Waals surface area contributed by atoms with Gasteiger partial charge in [0.2, 0.25) is 0 Å². The second-order valence-electron chi connectivity index (χ2n) is 3.82. The summed E-state index contributed by atoms with van der Waals surface area (Å²) in [5, 5.41) is 3.62. The fraction of sp³-hybridized carbons (Fsp3) is 0.455. The van der Waals surface area contributed by atoms with Gasteiger partial charge < -0.3 is 5.32 Å². The van der Waals surface area contributed by atoms with E-state index >= 15 is 0 Å². The minimum atomic E-state index is -0.286. The van der Waals surface area contributed by atoms with Crippen LogP contribution in [0, 0.1) is 11.7 Å². The number of hydrogen-bond donors (Lipinski definition) is 1. The summed E-state index contributed by atoms with van der Waals surface area (Å²) in [6.07, 6.45) is 3.88. The first-order chi connectivity index (χ1) is 6.74. The third-order valence-corrected chi connectivity index (χ3v) is 2.66. The van der Waals surface area contributed by atoms with E-state index in [0.717, 1.165) is 18.2 Å². The predicted octanol–water partition coefficient (Wildman–Crippen LogP) is 3.69. The maximum Gasteiger partial charge on any atom is 0.126 e. The van der Waals surface area contributed by atoms with Crippen molar-refractivity contribution in [2.45, 2.75) is 19.3 Å². The number of halogens is 2. The molecule has 3 heteroatoms. The van der Waals surface area contributed by atoms with Gasteiger partial charge in [-0.3, -0.25) is 0 Å². The third-order valence-electron chi connectivity index (χ3n) is 2.44. The summed E-state index contributed by atoms with van der Waals surface area (Å²) in [5.41, 5.74) is 0.774. The molecular formula is C11H13ClFN. The van der Waals surface area contributed by atoms with Gasteiger partial charge in [-0.05, 0) is 30.5 Å². The van der Waals surface area contributed by atoms with Gasteiger partial charge in [0.05, 0.1) is 0 Å². The van der Waals surface area contributed by atoms with Crippen molar-refractivity contribution in [2.75, 3.05) is 11.9 Å². The fourth-order valence-electron chi connectivity index (χ4n) is 1.48. The summed E-state index contributed by atoms with van der Waals surface area (Å²) in [4.78, 5) is 0. The molecule has 1 fully saturated rings. The molecule has 1 aliphatic rings. The number of rotatable bonds is 4. The lowest BCUT2D eigenvalue weighted by atomic mass is 10.2. The fourth-order valence-corrected chi connectivity index (χ4v) is 1.70. The van der Waals surface area contributed by atoms with Crippen molar-refractivity contribution < 1.29 is 4.39 Å². The van der Waals surface area contributed by atoms with Gasteiger partial charge in [-0.1, -0.05) is 24.4 Å². The Morgan fingerprint density at radius 1 is 1.36 bits per heavy atom. The molecule has 1 N–H and O–H groups in total. The predicted molar refractivity (Wildman–Crippen MR) is 57.2 cm³/mol. The van der Waals surface area contributed by atoms with Crippen molar-refractivity contribution in [3.05, 3.63) is 29.0 Å². The second-order valence-corrected chi connectivity index (χ2v) is 4.25. The summed E-state index contributed by atoms with van der Waals surface area (Å²) >= 11 is 5.72. The molecule has 1 nitrogen and oxygen atoms in total. The summed E-state index contributed by atoms with van der Waals surface area (Å²) < 4.78 is 12.9. The minimum absolute atomic E-state index is 0.286. The highest BCUT2D eigenvalue weighted by molar-refractivity contribution is 6.30. The van der Waals surface area contributed by atoms with Gasteiger partial charge in [-0.2, -0.15) is 0 Å². The molecule has 0 spiro atoms. The number of hydrogen-bond acceptors (Lipinski definition) is 1. The standard InChI is InChI=1S/C11H13ClFN/c12-9-5-10(13)7-11(6-9)14-4-3-8-1-2-8/h5-8,14H,1-4H2. The number of benzene rings is 1. The van der Waals surface area contributed by atoms with Crippen LogP contribution in [0.2, 0.25) is 5.02 Å². The van der Waals surface area contributed by atoms with E-state index in [1.54, 1.807) is 6.07 Å². The zero-order valence-electron chi connectivity index (χ0n) is 7.89. The largest absolute Gasteiger partial charge is 0.385 e. The van der Waals surface area contributed by atoms with E-state index in [1.165, 1.54) is 31.4 Å². The van der Waals surface area contributed by atoms with E-state index in [-0.39, 0.29) is 5.82 Å². The first kappa shape index (κ1) is 9.78. The Labute approximate surface area is 88.3 Å². The van der Waals surface area contributed by atoms with Gasteiger partial charge in [0.15, 0.2) is 0 Å². The highest BCUT2D eigenvalue weighted by atomic mass is 35.5. The summed E-state index contributed by atoms with van der Waals surface area (Å²) in [7, 11) is 0. The monoisotopic (exact) mass is 213 g/mol. The van der Waals surface area contributed by atoms with E-state index in [2.05, 4.69) is 5.32 Å². The molecule has 1 saturated carbocycles. The van der Waals surface area contributed by atoms with Crippen molar-refractivity contribution in [2.24, 2.45) is 5.92 Å². The molecule has 0 aliphatic heterocycles. The lowest BCUT2D eigenvalue weighted by Crippen LogP contribution is -2.02. The number of anilines is 1. The Kier molecular flexibility index (Phi) is 2.92. The summed E-state index contributed by atoms with van der Waals surface area (Å²) in [6, 6.07) is 4.53. The molecule has 0 aromatic heterocycles. The summed E-state index contributed by atoms with van der Waals surface area (Å²) in [5.74, 6) is 0.609. The average molecular weight is 214 g/mol. The van der Waals surface area contributed by atoms with Crippen LogP contribution in [0.4, 0.5) is 10.1 Å². The zero-order valence-corrected chi connectivity index (χ0v) is 8.65. The van der Waals surface area contributed by atoms with Gasteiger partial charge >= 0.3 is 0 Å². The number of nitrogens with one attached hydrogen (secondary N) is 1. The topological polar surface area (TPSA) is 12.0 Å². The van der Waals surface area contributed by atoms with Crippen molar-refractivity contribution in [1.29, 1.82) is 0 Å². The van der Waals surface area contributed by atoms with Crippen molar-refractivity contribution in [1.82, 2.24) is 0 Å². The second kappa shape index (κ2) is 4.18. The van der Waals surface area contributed by atoms with Gasteiger partial charge in [-0.15, -0.1) is 0 Å². The molecule has 0 atom stereocenters. The smallest absolute Gasteiger partial charge is 0.126 e. The Morgan fingerprint density at radius 2 is 2.14 bits per heavy atom. The third kappa shape index (κ3) is 2.88. The first-order valence-electron chi connectivity index (χ1n) is 4.94. The first-order valence-corrected chi connectivity index (χ1v) is 5.32. The molecule has 0 heterocycles. The van der Waals surface area contributed by atoms with E-state index in [0.29, 0.717) is 5.02 Å². The summed E-state index contributed by atoms with van der Waals surface area (Å²) in [6.45, 7) is 0.907. The van der Waals surface area contributed by atoms with Gasteiger partial charge in [0, 0.05) is 17.3 Å². The van der Waals surface area contributed by atoms with Gasteiger partial charge in [0.25, 0.3) is 0 Å². The van der Waals surface area contributed by atoms with Crippen LogP contribution in [0.25, 0.3) is 0 Å². The van der Waals surface area contributed by atoms with Gasteiger partial charge in [0.1, 0.15) is 5.82 Å². The Hall–Kier alpha value is -0.760. The highest BCUT2D eigenvalue weighted by Crippen LogP contribution is 2.32. The van der Waals surface area contributed by atoms with E-state index < -0.39 is 0 Å². The Bertz CT molecular complexity index is 303. The SMILES string of the molecule is Fc1cc(Cl)cc(NCCC2CC2)c1. The molecule has 14 heavy (non-hydrogen) atoms. The molecule has 76 valence electrons. The lowest BCUT2D eigenvalue weighted by Gasteiger charge is -2.06. The molecule has 1 aromatic carbocycles. The molecular weight excluding hydrogens is 201 g/mol. The van der Waals surface area contributed by atoms with Crippen molar-refractivity contribution in [3.63, 3.8) is 0 Å². The molecule has 1 aromatic rings. The molecule has 0 bridgehead atoms. The van der Waals surface area contributed by atoms with E-state index in [9.17, 15) is 4.39 Å². The molecule has 2 rings (SSSR count). The van der Waals surface area contributed by atoms with Crippen LogP contribution in [0.3, 0.4) is 0 Å². The normalized spacial score (nSPS) is 15.6. The van der Waals surface area contributed by atoms with Crippen LogP contribution in [0.15, 0.2) is 18.2 Å². The minimum Gasteiger partial charge on any atom is -0.385 e. The van der Waals surface area contributed by atoms with Gasteiger partial charge in [-0.25, -0.2) is 4.39 Å². The molecule has 0 unspecified atom stereocenters. The average Bonchev–Trinajstić information content (AvgIpc) is 2.86. The molecule has 0 radical (unpaired) electrons. The quantitative estimate of drug-likeness (QED) is 0.805. The van der Waals surface area contributed by atoms with Crippen LogP contribution < -0.4 is 5.32 Å². The van der Waals surface area contributed by atoms with Crippen LogP contribution in [0.1, 0.15) is 19.3 Å². The Balaban J connectivity index is 1.87. The van der Waals surface area contributed by atoms with Crippen molar-refractivity contribution >= 4 is 17.3 Å². The van der Waals surface area contributed by atoms with Crippen LogP contribution in [0.5, 0.6) is 0 Å². The Morgan fingerprint density at radius 3 is 2.79 bits per heavy atom. The van der Waals surface area contributed by atoms with Crippen LogP contribution >= 0.6 is 11.6 Å². The maximum absolute atomic E-state index is 12.9. The van der Waals surface area contributed by atoms with Crippen molar-refractivity contribution in [3.8, 4) is 0 Å². The van der Waals surface area contributed by atoms with Crippen LogP contribution in [-0.4, -0.2) is 6.54 Å². The lowest BCUT2D eigenvalue weighted by molar-refractivity contribution is 0.628. The molecule has 1 aliphatic carbocycles.